The topological polar surface area (TPSA) is 28.7 Å². The molecule has 0 aliphatic heterocycles. The number of aromatic amines is 1. The van der Waals surface area contributed by atoms with Gasteiger partial charge in [0.15, 0.2) is 0 Å². The van der Waals surface area contributed by atoms with E-state index < -0.39 is 5.95 Å². The lowest BCUT2D eigenvalue weighted by atomic mass is 10.2. The molecule has 0 aliphatic rings. The maximum atomic E-state index is 12.7. The Kier molecular flexibility index (Phi) is 2.21. The summed E-state index contributed by atoms with van der Waals surface area (Å²) in [5.41, 5.74) is 1.00. The van der Waals surface area contributed by atoms with E-state index >= 15 is 0 Å². The fraction of sp³-hybridized carbons (Fsp3) is 0.125. The highest BCUT2D eigenvalue weighted by Gasteiger charge is 2.05. The SMILES string of the molecule is C=Cc1c(C=CC)n[nH]c1F. The summed E-state index contributed by atoms with van der Waals surface area (Å²) in [4.78, 5) is 0. The van der Waals surface area contributed by atoms with Gasteiger partial charge in [-0.1, -0.05) is 18.7 Å². The zero-order chi connectivity index (χ0) is 8.27. The van der Waals surface area contributed by atoms with Gasteiger partial charge in [-0.05, 0) is 13.0 Å². The van der Waals surface area contributed by atoms with Crippen molar-refractivity contribution in [1.29, 1.82) is 0 Å². The molecule has 0 atom stereocenters. The first-order valence-electron chi connectivity index (χ1n) is 3.28. The van der Waals surface area contributed by atoms with E-state index in [1.807, 2.05) is 6.92 Å². The monoisotopic (exact) mass is 152 g/mol. The molecule has 1 rings (SSSR count). The molecule has 58 valence electrons. The summed E-state index contributed by atoms with van der Waals surface area (Å²) in [7, 11) is 0. The molecule has 1 aromatic rings. The third-order valence-corrected chi connectivity index (χ3v) is 1.32. The summed E-state index contributed by atoms with van der Waals surface area (Å²) in [5, 5.41) is 5.95. The van der Waals surface area contributed by atoms with Gasteiger partial charge in [-0.3, -0.25) is 5.10 Å². The van der Waals surface area contributed by atoms with Crippen molar-refractivity contribution in [2.75, 3.05) is 0 Å². The number of allylic oxidation sites excluding steroid dienone is 1. The third kappa shape index (κ3) is 1.37. The third-order valence-electron chi connectivity index (χ3n) is 1.32. The number of hydrogen-bond acceptors (Lipinski definition) is 1. The Labute approximate surface area is 64.4 Å². The molecule has 11 heavy (non-hydrogen) atoms. The van der Waals surface area contributed by atoms with E-state index in [4.69, 9.17) is 0 Å². The first-order chi connectivity index (χ1) is 5.29. The van der Waals surface area contributed by atoms with Crippen molar-refractivity contribution < 1.29 is 4.39 Å². The zero-order valence-electron chi connectivity index (χ0n) is 6.26. The van der Waals surface area contributed by atoms with Crippen LogP contribution in [-0.4, -0.2) is 10.2 Å². The molecule has 0 radical (unpaired) electrons. The van der Waals surface area contributed by atoms with Crippen molar-refractivity contribution in [3.63, 3.8) is 0 Å². The maximum absolute atomic E-state index is 12.7. The molecule has 0 aliphatic carbocycles. The average Bonchev–Trinajstić information content (AvgIpc) is 2.33. The molecule has 0 unspecified atom stereocenters. The van der Waals surface area contributed by atoms with E-state index in [0.717, 1.165) is 0 Å². The molecule has 0 fully saturated rings. The van der Waals surface area contributed by atoms with Crippen LogP contribution in [0.25, 0.3) is 12.2 Å². The Morgan fingerprint density at radius 3 is 2.91 bits per heavy atom. The second-order valence-corrected chi connectivity index (χ2v) is 2.04. The second kappa shape index (κ2) is 3.14. The number of H-pyrrole nitrogens is 1. The van der Waals surface area contributed by atoms with Gasteiger partial charge >= 0.3 is 0 Å². The summed E-state index contributed by atoms with van der Waals surface area (Å²) >= 11 is 0. The molecule has 0 saturated heterocycles. The van der Waals surface area contributed by atoms with E-state index in [2.05, 4.69) is 16.8 Å². The first-order valence-corrected chi connectivity index (χ1v) is 3.28. The van der Waals surface area contributed by atoms with E-state index in [9.17, 15) is 4.39 Å². The molecular formula is C8H9FN2. The van der Waals surface area contributed by atoms with Gasteiger partial charge in [0.1, 0.15) is 0 Å². The van der Waals surface area contributed by atoms with Crippen molar-refractivity contribution >= 4 is 12.2 Å². The minimum atomic E-state index is -0.437. The summed E-state index contributed by atoms with van der Waals surface area (Å²) in [6.45, 7) is 5.32. The number of nitrogens with zero attached hydrogens (tertiary/aromatic N) is 1. The van der Waals surface area contributed by atoms with Gasteiger partial charge in [0.25, 0.3) is 0 Å². The van der Waals surface area contributed by atoms with E-state index in [1.54, 1.807) is 12.2 Å². The largest absolute Gasteiger partial charge is 0.252 e. The van der Waals surface area contributed by atoms with Crippen LogP contribution in [0.1, 0.15) is 18.2 Å². The number of hydrogen-bond donors (Lipinski definition) is 1. The van der Waals surface area contributed by atoms with Crippen LogP contribution in [-0.2, 0) is 0 Å². The van der Waals surface area contributed by atoms with Crippen LogP contribution in [0.2, 0.25) is 0 Å². The minimum Gasteiger partial charge on any atom is -0.252 e. The first kappa shape index (κ1) is 7.72. The Hall–Kier alpha value is -1.38. The molecule has 0 spiro atoms. The van der Waals surface area contributed by atoms with Crippen LogP contribution >= 0.6 is 0 Å². The number of aromatic nitrogens is 2. The van der Waals surface area contributed by atoms with Gasteiger partial charge in [-0.25, -0.2) is 0 Å². The van der Waals surface area contributed by atoms with Gasteiger partial charge in [0.05, 0.1) is 11.3 Å². The minimum absolute atomic E-state index is 0.420. The van der Waals surface area contributed by atoms with Crippen molar-refractivity contribution in [3.8, 4) is 0 Å². The summed E-state index contributed by atoms with van der Waals surface area (Å²) < 4.78 is 12.7. The zero-order valence-corrected chi connectivity index (χ0v) is 6.26. The molecule has 0 bridgehead atoms. The molecule has 2 nitrogen and oxygen atoms in total. The van der Waals surface area contributed by atoms with Crippen molar-refractivity contribution in [2.45, 2.75) is 6.92 Å². The molecule has 1 heterocycles. The Balaban J connectivity index is 3.15. The molecule has 0 saturated carbocycles. The highest BCUT2D eigenvalue weighted by Crippen LogP contribution is 2.12. The highest BCUT2D eigenvalue weighted by molar-refractivity contribution is 5.60. The Bertz CT molecular complexity index is 286. The van der Waals surface area contributed by atoms with Gasteiger partial charge in [-0.15, -0.1) is 0 Å². The molecule has 1 aromatic heterocycles. The standard InChI is InChI=1S/C8H9FN2/c1-3-5-7-6(4-2)8(9)11-10-7/h3-5H,2H2,1H3,(H,10,11). The van der Waals surface area contributed by atoms with Crippen LogP contribution < -0.4 is 0 Å². The maximum Gasteiger partial charge on any atom is 0.216 e. The summed E-state index contributed by atoms with van der Waals surface area (Å²) in [6, 6.07) is 0. The molecule has 3 heteroatoms. The van der Waals surface area contributed by atoms with E-state index in [0.29, 0.717) is 11.3 Å². The smallest absolute Gasteiger partial charge is 0.216 e. The van der Waals surface area contributed by atoms with Crippen LogP contribution in [0.5, 0.6) is 0 Å². The Morgan fingerprint density at radius 2 is 2.36 bits per heavy atom. The number of nitrogens with one attached hydrogen (secondary N) is 1. The van der Waals surface area contributed by atoms with E-state index in [-0.39, 0.29) is 0 Å². The summed E-state index contributed by atoms with van der Waals surface area (Å²) in [5.74, 6) is -0.437. The molecule has 0 aromatic carbocycles. The molecule has 1 N–H and O–H groups in total. The lowest BCUT2D eigenvalue weighted by molar-refractivity contribution is 0.577. The second-order valence-electron chi connectivity index (χ2n) is 2.04. The normalized spacial score (nSPS) is 10.7. The van der Waals surface area contributed by atoms with Crippen molar-refractivity contribution in [1.82, 2.24) is 10.2 Å². The molecule has 0 amide bonds. The molecular weight excluding hydrogens is 143 g/mol. The van der Waals surface area contributed by atoms with Gasteiger partial charge < -0.3 is 0 Å². The van der Waals surface area contributed by atoms with Gasteiger partial charge in [0.2, 0.25) is 5.95 Å². The highest BCUT2D eigenvalue weighted by atomic mass is 19.1. The number of rotatable bonds is 2. The predicted molar refractivity (Wildman–Crippen MR) is 43.3 cm³/mol. The fourth-order valence-electron chi connectivity index (χ4n) is 0.821. The van der Waals surface area contributed by atoms with Crippen molar-refractivity contribution in [2.24, 2.45) is 0 Å². The van der Waals surface area contributed by atoms with Crippen LogP contribution in [0.4, 0.5) is 4.39 Å². The van der Waals surface area contributed by atoms with Crippen LogP contribution in [0, 0.1) is 5.95 Å². The van der Waals surface area contributed by atoms with Crippen molar-refractivity contribution in [3.05, 3.63) is 29.9 Å². The van der Waals surface area contributed by atoms with E-state index in [1.165, 1.54) is 6.08 Å². The predicted octanol–water partition coefficient (Wildman–Crippen LogP) is 2.22. The van der Waals surface area contributed by atoms with Gasteiger partial charge in [0, 0.05) is 0 Å². The average molecular weight is 152 g/mol. The lowest BCUT2D eigenvalue weighted by Crippen LogP contribution is -1.76. The fourth-order valence-corrected chi connectivity index (χ4v) is 0.821. The van der Waals surface area contributed by atoms with Gasteiger partial charge in [-0.2, -0.15) is 9.49 Å². The summed E-state index contributed by atoms with van der Waals surface area (Å²) in [6.07, 6.45) is 4.95. The number of halogens is 1. The quantitative estimate of drug-likeness (QED) is 0.691. The Morgan fingerprint density at radius 1 is 1.64 bits per heavy atom. The van der Waals surface area contributed by atoms with Crippen LogP contribution in [0.15, 0.2) is 12.7 Å². The van der Waals surface area contributed by atoms with Crippen LogP contribution in [0.3, 0.4) is 0 Å². The lowest BCUT2D eigenvalue weighted by Gasteiger charge is -1.85.